The lowest BCUT2D eigenvalue weighted by Crippen LogP contribution is -2.36. The number of aromatic nitrogens is 4. The van der Waals surface area contributed by atoms with Gasteiger partial charge >= 0.3 is 0 Å². The van der Waals surface area contributed by atoms with Crippen molar-refractivity contribution in [2.75, 3.05) is 31.1 Å². The summed E-state index contributed by atoms with van der Waals surface area (Å²) in [5.74, 6) is 1.79. The van der Waals surface area contributed by atoms with E-state index in [4.69, 9.17) is 0 Å². The molecule has 0 radical (unpaired) electrons. The van der Waals surface area contributed by atoms with E-state index in [-0.39, 0.29) is 0 Å². The van der Waals surface area contributed by atoms with Crippen LogP contribution < -0.4 is 4.90 Å². The minimum Gasteiger partial charge on any atom is -0.351 e. The first kappa shape index (κ1) is 19.1. The SMILES string of the molecule is CCC=CCCCN1CC2CCN(c3ccc(-c4c(C)cnn4C)nn3)C2C1. The first-order valence-corrected chi connectivity index (χ1v) is 10.6. The molecule has 2 aromatic heterocycles. The maximum absolute atomic E-state index is 4.59. The van der Waals surface area contributed by atoms with Crippen LogP contribution in [0.25, 0.3) is 11.4 Å². The number of hydrogen-bond acceptors (Lipinski definition) is 5. The van der Waals surface area contributed by atoms with Gasteiger partial charge in [0.15, 0.2) is 5.82 Å². The molecule has 6 heteroatoms. The molecular formula is C22H32N6. The molecule has 2 aromatic rings. The van der Waals surface area contributed by atoms with Crippen LogP contribution in [0.3, 0.4) is 0 Å². The molecule has 0 aromatic carbocycles. The van der Waals surface area contributed by atoms with Crippen LogP contribution in [0.2, 0.25) is 0 Å². The van der Waals surface area contributed by atoms with Crippen molar-refractivity contribution in [3.8, 4) is 11.4 Å². The second kappa shape index (κ2) is 8.43. The number of fused-ring (bicyclic) bond motifs is 1. The molecule has 2 aliphatic heterocycles. The summed E-state index contributed by atoms with van der Waals surface area (Å²) in [4.78, 5) is 5.12. The Balaban J connectivity index is 1.38. The van der Waals surface area contributed by atoms with Crippen molar-refractivity contribution >= 4 is 5.82 Å². The highest BCUT2D eigenvalue weighted by atomic mass is 15.3. The van der Waals surface area contributed by atoms with E-state index >= 15 is 0 Å². The summed E-state index contributed by atoms with van der Waals surface area (Å²) in [6.45, 7) is 8.96. The maximum atomic E-state index is 4.59. The fourth-order valence-corrected chi connectivity index (χ4v) is 4.75. The molecule has 150 valence electrons. The molecule has 4 rings (SSSR count). The highest BCUT2D eigenvalue weighted by molar-refractivity contribution is 5.59. The molecule has 0 amide bonds. The van der Waals surface area contributed by atoms with Gasteiger partial charge in [0.1, 0.15) is 5.69 Å². The van der Waals surface area contributed by atoms with E-state index in [0.717, 1.165) is 48.2 Å². The van der Waals surface area contributed by atoms with Crippen LogP contribution >= 0.6 is 0 Å². The number of allylic oxidation sites excluding steroid dienone is 2. The first-order valence-electron chi connectivity index (χ1n) is 10.6. The van der Waals surface area contributed by atoms with Crippen LogP contribution in [0.4, 0.5) is 5.82 Å². The number of unbranched alkanes of at least 4 members (excludes halogenated alkanes) is 1. The van der Waals surface area contributed by atoms with Crippen molar-refractivity contribution in [1.29, 1.82) is 0 Å². The minimum atomic E-state index is 0.588. The van der Waals surface area contributed by atoms with Gasteiger partial charge < -0.3 is 9.80 Å². The third-order valence-corrected chi connectivity index (χ3v) is 6.18. The zero-order chi connectivity index (χ0) is 19.5. The number of anilines is 1. The average molecular weight is 381 g/mol. The van der Waals surface area contributed by atoms with Crippen LogP contribution in [0, 0.1) is 12.8 Å². The summed E-state index contributed by atoms with van der Waals surface area (Å²) >= 11 is 0. The van der Waals surface area contributed by atoms with Gasteiger partial charge in [-0.1, -0.05) is 19.1 Å². The third-order valence-electron chi connectivity index (χ3n) is 6.18. The maximum Gasteiger partial charge on any atom is 0.151 e. The molecule has 4 heterocycles. The summed E-state index contributed by atoms with van der Waals surface area (Å²) in [5.41, 5.74) is 3.07. The van der Waals surface area contributed by atoms with Crippen molar-refractivity contribution in [3.05, 3.63) is 36.0 Å². The Kier molecular flexibility index (Phi) is 5.76. The smallest absolute Gasteiger partial charge is 0.151 e. The highest BCUT2D eigenvalue weighted by Gasteiger charge is 2.41. The molecule has 2 unspecified atom stereocenters. The van der Waals surface area contributed by atoms with Gasteiger partial charge in [0.05, 0.1) is 11.9 Å². The molecule has 0 saturated carbocycles. The molecule has 6 nitrogen and oxygen atoms in total. The van der Waals surface area contributed by atoms with E-state index in [1.165, 1.54) is 32.4 Å². The first-order chi connectivity index (χ1) is 13.7. The summed E-state index contributed by atoms with van der Waals surface area (Å²) in [5, 5.41) is 13.4. The summed E-state index contributed by atoms with van der Waals surface area (Å²) in [7, 11) is 1.95. The average Bonchev–Trinajstić information content (AvgIpc) is 3.36. The number of aryl methyl sites for hydroxylation is 2. The third kappa shape index (κ3) is 3.83. The number of nitrogens with zero attached hydrogens (tertiary/aromatic N) is 6. The van der Waals surface area contributed by atoms with E-state index in [9.17, 15) is 0 Å². The zero-order valence-corrected chi connectivity index (χ0v) is 17.4. The van der Waals surface area contributed by atoms with Gasteiger partial charge in [-0.15, -0.1) is 10.2 Å². The van der Waals surface area contributed by atoms with Crippen molar-refractivity contribution < 1.29 is 0 Å². The van der Waals surface area contributed by atoms with E-state index < -0.39 is 0 Å². The van der Waals surface area contributed by atoms with E-state index in [0.29, 0.717) is 6.04 Å². The fraction of sp³-hybridized carbons (Fsp3) is 0.591. The van der Waals surface area contributed by atoms with Crippen LogP contribution in [0.1, 0.15) is 38.2 Å². The lowest BCUT2D eigenvalue weighted by atomic mass is 10.1. The normalized spacial score (nSPS) is 22.5. The Labute approximate surface area is 168 Å². The van der Waals surface area contributed by atoms with Gasteiger partial charge in [0.25, 0.3) is 0 Å². The Morgan fingerprint density at radius 1 is 1.18 bits per heavy atom. The molecule has 2 saturated heterocycles. The van der Waals surface area contributed by atoms with Gasteiger partial charge in [-0.3, -0.25) is 4.68 Å². The van der Waals surface area contributed by atoms with Gasteiger partial charge in [0.2, 0.25) is 0 Å². The Hall–Kier alpha value is -2.21. The second-order valence-corrected chi connectivity index (χ2v) is 8.17. The number of rotatable bonds is 7. The summed E-state index contributed by atoms with van der Waals surface area (Å²) in [6.07, 6.45) is 11.3. The van der Waals surface area contributed by atoms with Crippen molar-refractivity contribution in [2.24, 2.45) is 13.0 Å². The summed E-state index contributed by atoms with van der Waals surface area (Å²) < 4.78 is 1.87. The lowest BCUT2D eigenvalue weighted by Gasteiger charge is -2.25. The predicted octanol–water partition coefficient (Wildman–Crippen LogP) is 3.44. The minimum absolute atomic E-state index is 0.588. The second-order valence-electron chi connectivity index (χ2n) is 8.17. The van der Waals surface area contributed by atoms with E-state index in [1.807, 2.05) is 17.9 Å². The molecule has 0 N–H and O–H groups in total. The zero-order valence-electron chi connectivity index (χ0n) is 17.4. The molecule has 0 aliphatic carbocycles. The van der Waals surface area contributed by atoms with Gasteiger partial charge in [-0.25, -0.2) is 0 Å². The van der Waals surface area contributed by atoms with E-state index in [1.54, 1.807) is 0 Å². The Morgan fingerprint density at radius 3 is 2.79 bits per heavy atom. The Bertz CT molecular complexity index is 789. The molecule has 2 atom stereocenters. The standard InChI is InChI=1S/C22H32N6/c1-4-5-6-7-8-12-27-15-18-11-13-28(20(18)16-27)21-10-9-19(24-25-21)22-17(2)14-23-26(22)3/h5-6,9-10,14,18,20H,4,7-8,11-13,15-16H2,1-3H3. The predicted molar refractivity (Wildman–Crippen MR) is 113 cm³/mol. The van der Waals surface area contributed by atoms with Crippen LogP contribution in [-0.2, 0) is 7.05 Å². The molecular weight excluding hydrogens is 348 g/mol. The number of hydrogen-bond donors (Lipinski definition) is 0. The lowest BCUT2D eigenvalue weighted by molar-refractivity contribution is 0.314. The summed E-state index contributed by atoms with van der Waals surface area (Å²) in [6, 6.07) is 4.81. The fourth-order valence-electron chi connectivity index (χ4n) is 4.75. The monoisotopic (exact) mass is 380 g/mol. The van der Waals surface area contributed by atoms with Gasteiger partial charge in [0, 0.05) is 32.7 Å². The topological polar surface area (TPSA) is 50.1 Å². The number of likely N-dealkylation sites (tertiary alicyclic amines) is 1. The molecule has 0 spiro atoms. The highest BCUT2D eigenvalue weighted by Crippen LogP contribution is 2.34. The van der Waals surface area contributed by atoms with Crippen LogP contribution in [0.5, 0.6) is 0 Å². The van der Waals surface area contributed by atoms with Gasteiger partial charge in [-0.2, -0.15) is 5.10 Å². The van der Waals surface area contributed by atoms with Crippen molar-refractivity contribution in [3.63, 3.8) is 0 Å². The molecule has 28 heavy (non-hydrogen) atoms. The van der Waals surface area contributed by atoms with Crippen LogP contribution in [0.15, 0.2) is 30.5 Å². The largest absolute Gasteiger partial charge is 0.351 e. The molecule has 0 bridgehead atoms. The van der Waals surface area contributed by atoms with Crippen LogP contribution in [-0.4, -0.2) is 57.1 Å². The Morgan fingerprint density at radius 2 is 2.07 bits per heavy atom. The van der Waals surface area contributed by atoms with E-state index in [2.05, 4.69) is 63.2 Å². The molecule has 2 aliphatic rings. The quantitative estimate of drug-likeness (QED) is 0.544. The van der Waals surface area contributed by atoms with Crippen molar-refractivity contribution in [2.45, 2.75) is 45.6 Å². The van der Waals surface area contributed by atoms with Crippen molar-refractivity contribution in [1.82, 2.24) is 24.9 Å². The molecule has 2 fully saturated rings. The van der Waals surface area contributed by atoms with Gasteiger partial charge in [-0.05, 0) is 62.8 Å².